The number of rotatable bonds is 9. The number of nitrogens with one attached hydrogen (secondary N) is 2. The lowest BCUT2D eigenvalue weighted by Gasteiger charge is -2.25. The highest BCUT2D eigenvalue weighted by molar-refractivity contribution is 7.21. The molecule has 34 heavy (non-hydrogen) atoms. The molecular weight excluding hydrogens is 456 g/mol. The molecule has 2 aliphatic carbocycles. The highest BCUT2D eigenvalue weighted by Crippen LogP contribution is 2.56. The van der Waals surface area contributed by atoms with Crippen LogP contribution < -0.4 is 10.6 Å². The van der Waals surface area contributed by atoms with E-state index >= 15 is 0 Å². The van der Waals surface area contributed by atoms with Crippen molar-refractivity contribution in [3.05, 3.63) is 23.7 Å². The molecule has 10 nitrogen and oxygen atoms in total. The topological polar surface area (TPSA) is 146 Å². The van der Waals surface area contributed by atoms with Gasteiger partial charge in [0.25, 0.3) is 0 Å². The molecule has 11 heteroatoms. The summed E-state index contributed by atoms with van der Waals surface area (Å²) in [7, 11) is 0. The number of ether oxygens (including phenoxy) is 1. The number of thiazole rings is 1. The van der Waals surface area contributed by atoms with Gasteiger partial charge in [-0.15, -0.1) is 11.3 Å². The molecule has 3 aromatic heterocycles. The number of hydrogen-bond donors (Lipinski definition) is 5. The van der Waals surface area contributed by atoms with Crippen LogP contribution in [0, 0.1) is 12.8 Å². The second kappa shape index (κ2) is 8.97. The molecule has 2 fully saturated rings. The van der Waals surface area contributed by atoms with Crippen molar-refractivity contribution in [2.24, 2.45) is 5.92 Å². The quantitative estimate of drug-likeness (QED) is 0.283. The summed E-state index contributed by atoms with van der Waals surface area (Å²) in [6.45, 7) is 7.62. The number of aliphatic hydroxyl groups excluding tert-OH is 2. The minimum atomic E-state index is -1.45. The summed E-state index contributed by atoms with van der Waals surface area (Å²) >= 11 is 1.54. The lowest BCUT2D eigenvalue weighted by atomic mass is 10.1. The van der Waals surface area contributed by atoms with Crippen molar-refractivity contribution in [2.75, 3.05) is 30.4 Å². The molecule has 1 unspecified atom stereocenters. The summed E-state index contributed by atoms with van der Waals surface area (Å²) in [5, 5.41) is 38.5. The Morgan fingerprint density at radius 3 is 2.74 bits per heavy atom. The highest BCUT2D eigenvalue weighted by atomic mass is 32.1. The van der Waals surface area contributed by atoms with E-state index in [1.165, 1.54) is 0 Å². The standard InChI is InChI=1S/C23H30N6O4S/c1-4-13-17-15(6-7-24-13)34-21(28-17)16-11(3)26-22(25-8-9-33-5-2)29-20(16)27-14-10-12-18(30)23(12,32)19(14)31/h6-7,12,14,18-19,30-32H,4-5,8-10H2,1-3H3,(H2,25,26,27,29)/t12-,14-,18?,19+,23+/m1/s1. The Kier molecular flexibility index (Phi) is 6.15. The van der Waals surface area contributed by atoms with Gasteiger partial charge in [0.05, 0.1) is 40.4 Å². The lowest BCUT2D eigenvalue weighted by molar-refractivity contribution is -0.0262. The molecule has 0 spiro atoms. The van der Waals surface area contributed by atoms with Crippen LogP contribution in [0.5, 0.6) is 0 Å². The maximum atomic E-state index is 10.7. The van der Waals surface area contributed by atoms with Crippen LogP contribution in [0.1, 0.15) is 31.7 Å². The summed E-state index contributed by atoms with van der Waals surface area (Å²) in [6, 6.07) is 1.50. The van der Waals surface area contributed by atoms with Crippen molar-refractivity contribution >= 4 is 33.3 Å². The van der Waals surface area contributed by atoms with Crippen LogP contribution in [0.15, 0.2) is 12.3 Å². The predicted octanol–water partition coefficient (Wildman–Crippen LogP) is 1.73. The fourth-order valence-electron chi connectivity index (χ4n) is 4.86. The molecule has 5 atom stereocenters. The second-order valence-electron chi connectivity index (χ2n) is 8.83. The second-order valence-corrected chi connectivity index (χ2v) is 9.86. The smallest absolute Gasteiger partial charge is 0.224 e. The number of aliphatic hydroxyl groups is 3. The molecule has 0 saturated heterocycles. The van der Waals surface area contributed by atoms with Crippen molar-refractivity contribution in [1.29, 1.82) is 0 Å². The van der Waals surface area contributed by atoms with Gasteiger partial charge in [-0.2, -0.15) is 4.98 Å². The molecule has 0 radical (unpaired) electrons. The third kappa shape index (κ3) is 3.81. The van der Waals surface area contributed by atoms with Gasteiger partial charge in [-0.1, -0.05) is 6.92 Å². The number of aryl methyl sites for hydroxylation is 2. The van der Waals surface area contributed by atoms with Crippen LogP contribution in [0.25, 0.3) is 20.8 Å². The predicted molar refractivity (Wildman–Crippen MR) is 130 cm³/mol. The molecule has 5 N–H and O–H groups in total. The van der Waals surface area contributed by atoms with Gasteiger partial charge in [-0.25, -0.2) is 9.97 Å². The van der Waals surface area contributed by atoms with E-state index in [0.29, 0.717) is 37.9 Å². The number of anilines is 2. The first-order valence-corrected chi connectivity index (χ1v) is 12.5. The average molecular weight is 487 g/mol. The maximum Gasteiger partial charge on any atom is 0.224 e. The fourth-order valence-corrected chi connectivity index (χ4v) is 5.94. The minimum absolute atomic E-state index is 0.337. The Labute approximate surface area is 201 Å². The van der Waals surface area contributed by atoms with Gasteiger partial charge in [-0.05, 0) is 32.8 Å². The Hall–Kier alpha value is -2.44. The van der Waals surface area contributed by atoms with Crippen LogP contribution >= 0.6 is 11.3 Å². The summed E-state index contributed by atoms with van der Waals surface area (Å²) in [6.07, 6.45) is 1.03. The summed E-state index contributed by atoms with van der Waals surface area (Å²) < 4.78 is 6.42. The number of aromatic nitrogens is 4. The molecular formula is C23H30N6O4S. The normalized spacial score (nSPS) is 27.7. The van der Waals surface area contributed by atoms with Gasteiger partial charge in [0.1, 0.15) is 28.0 Å². The van der Waals surface area contributed by atoms with E-state index in [1.807, 2.05) is 19.9 Å². The van der Waals surface area contributed by atoms with E-state index in [0.717, 1.165) is 38.6 Å². The Morgan fingerprint density at radius 1 is 1.21 bits per heavy atom. The molecule has 0 aromatic carbocycles. The zero-order chi connectivity index (χ0) is 24.0. The first kappa shape index (κ1) is 23.3. The van der Waals surface area contributed by atoms with Crippen LogP contribution in [0.3, 0.4) is 0 Å². The molecule has 2 aliphatic rings. The van der Waals surface area contributed by atoms with E-state index in [1.54, 1.807) is 17.5 Å². The summed E-state index contributed by atoms with van der Waals surface area (Å²) in [5.74, 6) is 0.632. The van der Waals surface area contributed by atoms with E-state index in [9.17, 15) is 15.3 Å². The largest absolute Gasteiger partial charge is 0.390 e. The van der Waals surface area contributed by atoms with Crippen molar-refractivity contribution in [1.82, 2.24) is 19.9 Å². The van der Waals surface area contributed by atoms with Crippen molar-refractivity contribution in [3.8, 4) is 10.6 Å². The SMILES string of the molecule is CCOCCNc1nc(C)c(-c2nc3c(CC)nccc3s2)c(N[C@@H]2C[C@@H]3C(O)[C@]3(O)[C@H]2O)n1. The Bertz CT molecular complexity index is 1210. The van der Waals surface area contributed by atoms with Gasteiger partial charge in [0, 0.05) is 25.3 Å². The zero-order valence-electron chi connectivity index (χ0n) is 19.4. The molecule has 182 valence electrons. The van der Waals surface area contributed by atoms with Gasteiger partial charge >= 0.3 is 0 Å². The van der Waals surface area contributed by atoms with Crippen molar-refractivity contribution in [3.63, 3.8) is 0 Å². The van der Waals surface area contributed by atoms with E-state index < -0.39 is 23.9 Å². The number of pyridine rings is 1. The molecule has 2 saturated carbocycles. The zero-order valence-corrected chi connectivity index (χ0v) is 20.3. The first-order valence-electron chi connectivity index (χ1n) is 11.7. The average Bonchev–Trinajstić information content (AvgIpc) is 3.11. The van der Waals surface area contributed by atoms with E-state index in [2.05, 4.69) is 27.5 Å². The van der Waals surface area contributed by atoms with Gasteiger partial charge in [0.2, 0.25) is 5.95 Å². The third-order valence-corrected chi connectivity index (χ3v) is 7.82. The van der Waals surface area contributed by atoms with Crippen LogP contribution in [0.4, 0.5) is 11.8 Å². The third-order valence-electron chi connectivity index (χ3n) is 6.78. The van der Waals surface area contributed by atoms with Crippen molar-refractivity contribution in [2.45, 2.75) is 57.5 Å². The summed E-state index contributed by atoms with van der Waals surface area (Å²) in [5.41, 5.74) is 1.84. The molecule has 5 rings (SSSR count). The molecule has 0 bridgehead atoms. The summed E-state index contributed by atoms with van der Waals surface area (Å²) in [4.78, 5) is 18.7. The maximum absolute atomic E-state index is 10.7. The van der Waals surface area contributed by atoms with Gasteiger partial charge in [0.15, 0.2) is 0 Å². The minimum Gasteiger partial charge on any atom is -0.390 e. The molecule has 0 aliphatic heterocycles. The van der Waals surface area contributed by atoms with Crippen molar-refractivity contribution < 1.29 is 20.1 Å². The number of nitrogens with zero attached hydrogens (tertiary/aromatic N) is 4. The molecule has 3 heterocycles. The number of fused-ring (bicyclic) bond motifs is 2. The molecule has 3 aromatic rings. The van der Waals surface area contributed by atoms with Crippen LogP contribution in [-0.2, 0) is 11.2 Å². The van der Waals surface area contributed by atoms with Gasteiger partial charge in [-0.3, -0.25) is 4.98 Å². The first-order chi connectivity index (χ1) is 16.4. The highest BCUT2D eigenvalue weighted by Gasteiger charge is 2.74. The molecule has 0 amide bonds. The number of hydrogen-bond acceptors (Lipinski definition) is 11. The van der Waals surface area contributed by atoms with E-state index in [-0.39, 0.29) is 5.92 Å². The fraction of sp³-hybridized carbons (Fsp3) is 0.565. The van der Waals surface area contributed by atoms with Crippen LogP contribution in [0.2, 0.25) is 0 Å². The Balaban J connectivity index is 1.51. The Morgan fingerprint density at radius 2 is 2.03 bits per heavy atom. The lowest BCUT2D eigenvalue weighted by Crippen LogP contribution is -2.42. The van der Waals surface area contributed by atoms with Crippen LogP contribution in [-0.4, -0.2) is 78.9 Å². The van der Waals surface area contributed by atoms with Gasteiger partial charge < -0.3 is 30.7 Å². The van der Waals surface area contributed by atoms with E-state index in [4.69, 9.17) is 14.7 Å². The monoisotopic (exact) mass is 486 g/mol.